The van der Waals surface area contributed by atoms with E-state index < -0.39 is 0 Å². The minimum Gasteiger partial charge on any atom is -0.316 e. The maximum absolute atomic E-state index is 11.8. The highest BCUT2D eigenvalue weighted by Crippen LogP contribution is 2.24. The molecule has 0 unspecified atom stereocenters. The molecule has 2 N–H and O–H groups in total. The van der Waals surface area contributed by atoms with Gasteiger partial charge in [-0.3, -0.25) is 4.79 Å². The zero-order chi connectivity index (χ0) is 10.8. The van der Waals surface area contributed by atoms with Crippen LogP contribution in [0.5, 0.6) is 0 Å². The fourth-order valence-electron chi connectivity index (χ4n) is 1.74. The molecular weight excluding hydrogens is 210 g/mol. The first-order valence-corrected chi connectivity index (χ1v) is 5.94. The third-order valence-electron chi connectivity index (χ3n) is 2.57. The van der Waals surface area contributed by atoms with Crippen LogP contribution in [0.15, 0.2) is 0 Å². The van der Waals surface area contributed by atoms with Crippen molar-refractivity contribution < 1.29 is 4.79 Å². The maximum Gasteiger partial charge on any atom is 0.229 e. The lowest BCUT2D eigenvalue weighted by atomic mass is 10.1. The maximum atomic E-state index is 11.8. The van der Waals surface area contributed by atoms with Crippen molar-refractivity contribution in [2.24, 2.45) is 5.92 Å². The summed E-state index contributed by atoms with van der Waals surface area (Å²) in [4.78, 5) is 16.1. The first-order chi connectivity index (χ1) is 7.16. The average molecular weight is 225 g/mol. The number of hydrogen-bond donors (Lipinski definition) is 2. The third-order valence-corrected chi connectivity index (χ3v) is 3.56. The second-order valence-corrected chi connectivity index (χ2v) is 5.03. The molecule has 15 heavy (non-hydrogen) atoms. The zero-order valence-corrected chi connectivity index (χ0v) is 9.78. The Hall–Kier alpha value is -0.940. The number of nitrogens with one attached hydrogen (secondary N) is 2. The van der Waals surface area contributed by atoms with Gasteiger partial charge in [0, 0.05) is 6.54 Å². The SMILES string of the molecule is Cc1nc(C)c(NC(=O)[C@H]2CCNC2)s1. The molecule has 4 nitrogen and oxygen atoms in total. The normalized spacial score (nSPS) is 20.5. The topological polar surface area (TPSA) is 54.0 Å². The van der Waals surface area contributed by atoms with Gasteiger partial charge in [0.1, 0.15) is 5.00 Å². The smallest absolute Gasteiger partial charge is 0.229 e. The fourth-order valence-corrected chi connectivity index (χ4v) is 2.56. The molecule has 1 aromatic rings. The van der Waals surface area contributed by atoms with Crippen LogP contribution in [-0.4, -0.2) is 24.0 Å². The summed E-state index contributed by atoms with van der Waals surface area (Å²) in [5, 5.41) is 8.02. The van der Waals surface area contributed by atoms with Crippen molar-refractivity contribution in [2.75, 3.05) is 18.4 Å². The molecule has 0 saturated carbocycles. The van der Waals surface area contributed by atoms with E-state index in [1.807, 2.05) is 13.8 Å². The number of rotatable bonds is 2. The summed E-state index contributed by atoms with van der Waals surface area (Å²) in [6, 6.07) is 0. The van der Waals surface area contributed by atoms with Gasteiger partial charge in [-0.25, -0.2) is 4.98 Å². The number of anilines is 1. The number of carbonyl (C=O) groups is 1. The Morgan fingerprint density at radius 1 is 1.60 bits per heavy atom. The molecule has 0 spiro atoms. The van der Waals surface area contributed by atoms with E-state index in [0.717, 1.165) is 35.2 Å². The standard InChI is InChI=1S/C10H15N3OS/c1-6-10(15-7(2)12-6)13-9(14)8-3-4-11-5-8/h8,11H,3-5H2,1-2H3,(H,13,14)/t8-/m0/s1. The van der Waals surface area contributed by atoms with Gasteiger partial charge < -0.3 is 10.6 Å². The molecule has 1 saturated heterocycles. The van der Waals surface area contributed by atoms with E-state index in [9.17, 15) is 4.79 Å². The van der Waals surface area contributed by atoms with Crippen LogP contribution < -0.4 is 10.6 Å². The van der Waals surface area contributed by atoms with Crippen LogP contribution in [0.1, 0.15) is 17.1 Å². The first kappa shape index (κ1) is 10.6. The quantitative estimate of drug-likeness (QED) is 0.798. The second kappa shape index (κ2) is 4.28. The van der Waals surface area contributed by atoms with Crippen molar-refractivity contribution >= 4 is 22.2 Å². The molecule has 0 radical (unpaired) electrons. The Kier molecular flexibility index (Phi) is 3.02. The Morgan fingerprint density at radius 2 is 2.40 bits per heavy atom. The summed E-state index contributed by atoms with van der Waals surface area (Å²) in [6.07, 6.45) is 0.933. The molecule has 2 heterocycles. The summed E-state index contributed by atoms with van der Waals surface area (Å²) in [6.45, 7) is 5.61. The Labute approximate surface area is 93.1 Å². The van der Waals surface area contributed by atoms with Gasteiger partial charge in [0.05, 0.1) is 16.6 Å². The van der Waals surface area contributed by atoms with Crippen molar-refractivity contribution in [2.45, 2.75) is 20.3 Å². The summed E-state index contributed by atoms with van der Waals surface area (Å²) in [5.74, 6) is 0.235. The number of nitrogens with zero attached hydrogens (tertiary/aromatic N) is 1. The Morgan fingerprint density at radius 3 is 2.93 bits per heavy atom. The molecule has 0 aliphatic carbocycles. The molecule has 1 fully saturated rings. The van der Waals surface area contributed by atoms with Gasteiger partial charge in [0.2, 0.25) is 5.91 Å². The molecule has 2 rings (SSSR count). The summed E-state index contributed by atoms with van der Waals surface area (Å²) < 4.78 is 0. The highest BCUT2D eigenvalue weighted by Gasteiger charge is 2.23. The van der Waals surface area contributed by atoms with Crippen LogP contribution in [0.4, 0.5) is 5.00 Å². The van der Waals surface area contributed by atoms with Crippen molar-refractivity contribution in [3.8, 4) is 0 Å². The minimum atomic E-state index is 0.117. The number of aromatic nitrogens is 1. The van der Waals surface area contributed by atoms with Gasteiger partial charge in [-0.1, -0.05) is 0 Å². The monoisotopic (exact) mass is 225 g/mol. The third kappa shape index (κ3) is 2.35. The summed E-state index contributed by atoms with van der Waals surface area (Å²) in [7, 11) is 0. The molecule has 1 aliphatic heterocycles. The lowest BCUT2D eigenvalue weighted by molar-refractivity contribution is -0.119. The van der Waals surface area contributed by atoms with Crippen LogP contribution in [0.2, 0.25) is 0 Å². The number of thiazole rings is 1. The highest BCUT2D eigenvalue weighted by molar-refractivity contribution is 7.16. The summed E-state index contributed by atoms with van der Waals surface area (Å²) in [5.41, 5.74) is 0.914. The number of carbonyl (C=O) groups excluding carboxylic acids is 1. The fraction of sp³-hybridized carbons (Fsp3) is 0.600. The van der Waals surface area contributed by atoms with Crippen LogP contribution >= 0.6 is 11.3 Å². The van der Waals surface area contributed by atoms with E-state index in [0.29, 0.717) is 0 Å². The van der Waals surface area contributed by atoms with Gasteiger partial charge in [0.25, 0.3) is 0 Å². The van der Waals surface area contributed by atoms with Crippen molar-refractivity contribution in [1.82, 2.24) is 10.3 Å². The highest BCUT2D eigenvalue weighted by atomic mass is 32.1. The largest absolute Gasteiger partial charge is 0.316 e. The molecule has 1 atom stereocenters. The predicted octanol–water partition coefficient (Wildman–Crippen LogP) is 1.31. The number of amides is 1. The van der Waals surface area contributed by atoms with Gasteiger partial charge in [-0.15, -0.1) is 11.3 Å². The lowest BCUT2D eigenvalue weighted by Crippen LogP contribution is -2.24. The van der Waals surface area contributed by atoms with Crippen molar-refractivity contribution in [1.29, 1.82) is 0 Å². The number of aryl methyl sites for hydroxylation is 2. The molecule has 0 bridgehead atoms. The molecular formula is C10H15N3OS. The predicted molar refractivity (Wildman–Crippen MR) is 61.2 cm³/mol. The van der Waals surface area contributed by atoms with E-state index in [1.54, 1.807) is 0 Å². The Bertz CT molecular complexity index is 369. The van der Waals surface area contributed by atoms with Crippen molar-refractivity contribution in [3.63, 3.8) is 0 Å². The van der Waals surface area contributed by atoms with E-state index in [-0.39, 0.29) is 11.8 Å². The van der Waals surface area contributed by atoms with Crippen molar-refractivity contribution in [3.05, 3.63) is 10.7 Å². The molecule has 1 aliphatic rings. The van der Waals surface area contributed by atoms with Gasteiger partial charge >= 0.3 is 0 Å². The van der Waals surface area contributed by atoms with E-state index in [4.69, 9.17) is 0 Å². The minimum absolute atomic E-state index is 0.117. The molecule has 82 valence electrons. The van der Waals surface area contributed by atoms with E-state index >= 15 is 0 Å². The molecule has 5 heteroatoms. The van der Waals surface area contributed by atoms with Gasteiger partial charge in [-0.05, 0) is 26.8 Å². The van der Waals surface area contributed by atoms with Gasteiger partial charge in [-0.2, -0.15) is 0 Å². The van der Waals surface area contributed by atoms with Crippen LogP contribution in [-0.2, 0) is 4.79 Å². The van der Waals surface area contributed by atoms with E-state index in [2.05, 4.69) is 15.6 Å². The second-order valence-electron chi connectivity index (χ2n) is 3.83. The van der Waals surface area contributed by atoms with Gasteiger partial charge in [0.15, 0.2) is 0 Å². The number of hydrogen-bond acceptors (Lipinski definition) is 4. The Balaban J connectivity index is 2.01. The van der Waals surface area contributed by atoms with E-state index in [1.165, 1.54) is 11.3 Å². The molecule has 1 amide bonds. The molecule has 1 aromatic heterocycles. The van der Waals surface area contributed by atoms with Crippen LogP contribution in [0, 0.1) is 19.8 Å². The first-order valence-electron chi connectivity index (χ1n) is 5.12. The zero-order valence-electron chi connectivity index (χ0n) is 8.96. The van der Waals surface area contributed by atoms with Crippen LogP contribution in [0.3, 0.4) is 0 Å². The summed E-state index contributed by atoms with van der Waals surface area (Å²) >= 11 is 1.54. The van der Waals surface area contributed by atoms with Crippen LogP contribution in [0.25, 0.3) is 0 Å². The molecule has 0 aromatic carbocycles. The average Bonchev–Trinajstić information content (AvgIpc) is 2.76. The lowest BCUT2D eigenvalue weighted by Gasteiger charge is -2.08.